The van der Waals surface area contributed by atoms with E-state index in [1.54, 1.807) is 6.08 Å². The summed E-state index contributed by atoms with van der Waals surface area (Å²) >= 11 is 0. The van der Waals surface area contributed by atoms with E-state index in [0.717, 1.165) is 0 Å². The van der Waals surface area contributed by atoms with E-state index in [1.807, 2.05) is 6.92 Å². The minimum absolute atomic E-state index is 0.0364. The average molecular weight is 229 g/mol. The fourth-order valence-electron chi connectivity index (χ4n) is 1.93. The Hall–Kier alpha value is -1.03. The maximum atomic E-state index is 10.7. The Morgan fingerprint density at radius 1 is 1.44 bits per heavy atom. The van der Waals surface area contributed by atoms with Crippen molar-refractivity contribution in [1.29, 1.82) is 0 Å². The van der Waals surface area contributed by atoms with Crippen LogP contribution in [0.1, 0.15) is 34.1 Å². The molecular weight excluding hydrogens is 206 g/mol. The van der Waals surface area contributed by atoms with E-state index in [9.17, 15) is 4.79 Å². The first-order valence-electron chi connectivity index (χ1n) is 5.38. The van der Waals surface area contributed by atoms with Gasteiger partial charge in [-0.25, -0.2) is 4.79 Å². The third-order valence-corrected chi connectivity index (χ3v) is 1.99. The van der Waals surface area contributed by atoms with Crippen molar-refractivity contribution in [3.63, 3.8) is 0 Å². The second kappa shape index (κ2) is 5.89. The van der Waals surface area contributed by atoms with E-state index in [0.29, 0.717) is 19.6 Å². The summed E-state index contributed by atoms with van der Waals surface area (Å²) in [7, 11) is 0. The highest BCUT2D eigenvalue weighted by Gasteiger charge is 2.31. The third-order valence-electron chi connectivity index (χ3n) is 1.99. The van der Waals surface area contributed by atoms with Crippen LogP contribution in [0.4, 0.5) is 4.79 Å². The molecule has 0 aliphatic carbocycles. The van der Waals surface area contributed by atoms with Gasteiger partial charge < -0.3 is 15.2 Å². The Morgan fingerprint density at radius 3 is 2.38 bits per heavy atom. The molecule has 0 fully saturated rings. The van der Waals surface area contributed by atoms with Gasteiger partial charge in [-0.3, -0.25) is 0 Å². The van der Waals surface area contributed by atoms with Crippen molar-refractivity contribution in [1.82, 2.24) is 5.32 Å². The fraction of sp³-hybridized carbons (Fsp3) is 0.750. The summed E-state index contributed by atoms with van der Waals surface area (Å²) in [5, 5.41) is 11.3. The molecular formula is C12H23NO3. The van der Waals surface area contributed by atoms with E-state index in [4.69, 9.17) is 9.84 Å². The second-order valence-corrected chi connectivity index (χ2v) is 5.53. The summed E-state index contributed by atoms with van der Waals surface area (Å²) in [6, 6.07) is 0. The lowest BCUT2D eigenvalue weighted by Crippen LogP contribution is -2.51. The van der Waals surface area contributed by atoms with Gasteiger partial charge in [0.2, 0.25) is 0 Å². The first-order chi connectivity index (χ1) is 7.18. The van der Waals surface area contributed by atoms with Crippen molar-refractivity contribution in [3.05, 3.63) is 12.7 Å². The maximum Gasteiger partial charge on any atom is 0.405 e. The van der Waals surface area contributed by atoms with Crippen LogP contribution in [-0.2, 0) is 4.74 Å². The highest BCUT2D eigenvalue weighted by atomic mass is 16.5. The second-order valence-electron chi connectivity index (χ2n) is 5.53. The number of hydrogen-bond donors (Lipinski definition) is 2. The molecule has 0 saturated heterocycles. The molecule has 1 amide bonds. The van der Waals surface area contributed by atoms with Crippen molar-refractivity contribution < 1.29 is 14.6 Å². The van der Waals surface area contributed by atoms with Crippen LogP contribution in [-0.4, -0.2) is 30.0 Å². The number of amides is 1. The van der Waals surface area contributed by atoms with E-state index in [1.165, 1.54) is 0 Å². The Balaban J connectivity index is 4.47. The highest BCUT2D eigenvalue weighted by Crippen LogP contribution is 2.27. The molecule has 0 heterocycles. The van der Waals surface area contributed by atoms with Crippen LogP contribution >= 0.6 is 0 Å². The minimum Gasteiger partial charge on any atom is -0.465 e. The predicted molar refractivity (Wildman–Crippen MR) is 64.7 cm³/mol. The van der Waals surface area contributed by atoms with Crippen LogP contribution in [0.5, 0.6) is 0 Å². The van der Waals surface area contributed by atoms with Gasteiger partial charge in [-0.15, -0.1) is 6.58 Å². The van der Waals surface area contributed by atoms with Crippen molar-refractivity contribution in [2.75, 3.05) is 13.2 Å². The van der Waals surface area contributed by atoms with Gasteiger partial charge in [0.05, 0.1) is 18.8 Å². The summed E-state index contributed by atoms with van der Waals surface area (Å²) < 4.78 is 5.35. The normalized spacial score (nSPS) is 15.2. The summed E-state index contributed by atoms with van der Waals surface area (Å²) in [4.78, 5) is 10.7. The summed E-state index contributed by atoms with van der Waals surface area (Å²) in [6.45, 7) is 12.4. The van der Waals surface area contributed by atoms with Crippen LogP contribution in [0, 0.1) is 5.41 Å². The van der Waals surface area contributed by atoms with Crippen LogP contribution in [0.2, 0.25) is 0 Å². The maximum absolute atomic E-state index is 10.7. The van der Waals surface area contributed by atoms with Gasteiger partial charge in [0.25, 0.3) is 0 Å². The lowest BCUT2D eigenvalue weighted by atomic mass is 9.81. The molecule has 0 aromatic rings. The highest BCUT2D eigenvalue weighted by molar-refractivity contribution is 5.65. The SMILES string of the molecule is C=CCOCC(C)(CC(C)(C)C)NC(=O)O. The average Bonchev–Trinajstić information content (AvgIpc) is 1.98. The quantitative estimate of drug-likeness (QED) is 0.544. The zero-order chi connectivity index (χ0) is 12.8. The Labute approximate surface area is 97.7 Å². The smallest absolute Gasteiger partial charge is 0.405 e. The Kier molecular flexibility index (Phi) is 5.51. The fourth-order valence-corrected chi connectivity index (χ4v) is 1.93. The van der Waals surface area contributed by atoms with Gasteiger partial charge in [0, 0.05) is 0 Å². The Bertz CT molecular complexity index is 245. The number of carbonyl (C=O) groups is 1. The van der Waals surface area contributed by atoms with E-state index in [-0.39, 0.29) is 5.41 Å². The first kappa shape index (κ1) is 15.0. The third kappa shape index (κ3) is 7.29. The standard InChI is InChI=1S/C12H23NO3/c1-6-7-16-9-12(5,13-10(14)15)8-11(2,3)4/h6,13H,1,7-9H2,2-5H3,(H,14,15). The van der Waals surface area contributed by atoms with Gasteiger partial charge in [0.15, 0.2) is 0 Å². The number of ether oxygens (including phenoxy) is 1. The molecule has 0 bridgehead atoms. The monoisotopic (exact) mass is 229 g/mol. The summed E-state index contributed by atoms with van der Waals surface area (Å²) in [5.41, 5.74) is -0.526. The molecule has 0 rings (SSSR count). The molecule has 4 nitrogen and oxygen atoms in total. The minimum atomic E-state index is -1.02. The first-order valence-corrected chi connectivity index (χ1v) is 5.38. The molecule has 16 heavy (non-hydrogen) atoms. The zero-order valence-corrected chi connectivity index (χ0v) is 10.7. The number of nitrogens with one attached hydrogen (secondary N) is 1. The van der Waals surface area contributed by atoms with Gasteiger partial charge in [0.1, 0.15) is 0 Å². The lowest BCUT2D eigenvalue weighted by Gasteiger charge is -2.35. The van der Waals surface area contributed by atoms with Gasteiger partial charge in [-0.2, -0.15) is 0 Å². The zero-order valence-electron chi connectivity index (χ0n) is 10.7. The molecule has 0 radical (unpaired) electrons. The van der Waals surface area contributed by atoms with Crippen LogP contribution in [0.15, 0.2) is 12.7 Å². The Morgan fingerprint density at radius 2 is 2.00 bits per heavy atom. The molecule has 1 unspecified atom stereocenters. The molecule has 4 heteroatoms. The van der Waals surface area contributed by atoms with Crippen molar-refractivity contribution in [2.45, 2.75) is 39.7 Å². The van der Waals surface area contributed by atoms with Crippen LogP contribution < -0.4 is 5.32 Å². The van der Waals surface area contributed by atoms with E-state index < -0.39 is 11.6 Å². The van der Waals surface area contributed by atoms with E-state index >= 15 is 0 Å². The van der Waals surface area contributed by atoms with Crippen molar-refractivity contribution in [2.24, 2.45) is 5.41 Å². The molecule has 0 aliphatic heterocycles. The lowest BCUT2D eigenvalue weighted by molar-refractivity contribution is 0.0692. The van der Waals surface area contributed by atoms with Crippen LogP contribution in [0.25, 0.3) is 0 Å². The predicted octanol–water partition coefficient (Wildman–Crippen LogP) is 2.65. The van der Waals surface area contributed by atoms with Crippen molar-refractivity contribution in [3.8, 4) is 0 Å². The number of hydrogen-bond acceptors (Lipinski definition) is 2. The molecule has 1 atom stereocenters. The van der Waals surface area contributed by atoms with Gasteiger partial charge in [-0.1, -0.05) is 26.8 Å². The summed E-state index contributed by atoms with van der Waals surface area (Å²) in [5.74, 6) is 0. The molecule has 94 valence electrons. The molecule has 0 aromatic heterocycles. The molecule has 0 spiro atoms. The van der Waals surface area contributed by atoms with E-state index in [2.05, 4.69) is 32.7 Å². The van der Waals surface area contributed by atoms with Gasteiger partial charge in [-0.05, 0) is 18.8 Å². The van der Waals surface area contributed by atoms with Crippen LogP contribution in [0.3, 0.4) is 0 Å². The van der Waals surface area contributed by atoms with Crippen molar-refractivity contribution >= 4 is 6.09 Å². The topological polar surface area (TPSA) is 58.6 Å². The number of carboxylic acid groups (broad SMARTS) is 1. The molecule has 0 aliphatic rings. The molecule has 0 aromatic carbocycles. The molecule has 0 saturated carbocycles. The summed E-state index contributed by atoms with van der Waals surface area (Å²) in [6.07, 6.45) is 1.34. The largest absolute Gasteiger partial charge is 0.465 e. The number of rotatable bonds is 6. The van der Waals surface area contributed by atoms with Gasteiger partial charge >= 0.3 is 6.09 Å². The molecule has 2 N–H and O–H groups in total.